The summed E-state index contributed by atoms with van der Waals surface area (Å²) in [5, 5.41) is 1.35. The van der Waals surface area contributed by atoms with Crippen LogP contribution in [0.1, 0.15) is 18.9 Å². The molecule has 18 heavy (non-hydrogen) atoms. The SMILES string of the molecule is CCC(=NP(=O)(O)O)SCc1ccc(Cl)c(Cl)c1. The van der Waals surface area contributed by atoms with Gasteiger partial charge in [0, 0.05) is 5.75 Å². The van der Waals surface area contributed by atoms with E-state index in [9.17, 15) is 4.57 Å². The predicted octanol–water partition coefficient (Wildman–Crippen LogP) is 4.13. The Hall–Kier alpha value is -0.0300. The molecule has 1 aromatic rings. The minimum absolute atomic E-state index is 0.411. The molecule has 0 spiro atoms. The molecule has 1 aromatic carbocycles. The third-order valence-electron chi connectivity index (χ3n) is 1.93. The highest BCUT2D eigenvalue weighted by Crippen LogP contribution is 2.38. The first-order chi connectivity index (χ1) is 8.31. The molecule has 1 rings (SSSR count). The number of thioether (sulfide) groups is 1. The Kier molecular flexibility index (Phi) is 6.18. The quantitative estimate of drug-likeness (QED) is 0.495. The second-order valence-corrected chi connectivity index (χ2v) is 6.49. The van der Waals surface area contributed by atoms with Crippen LogP contribution in [0.5, 0.6) is 0 Å². The monoisotopic (exact) mass is 327 g/mol. The fourth-order valence-electron chi connectivity index (χ4n) is 1.14. The molecule has 4 nitrogen and oxygen atoms in total. The van der Waals surface area contributed by atoms with Gasteiger partial charge < -0.3 is 9.79 Å². The standard InChI is InChI=1S/C10H12Cl2NO3PS/c1-2-10(13-17(14,15)16)18-6-7-3-4-8(11)9(12)5-7/h3-5H,2,6H2,1H3,(H2,14,15,16). The van der Waals surface area contributed by atoms with Gasteiger partial charge in [0.15, 0.2) is 0 Å². The van der Waals surface area contributed by atoms with Gasteiger partial charge in [-0.05, 0) is 24.1 Å². The molecule has 0 saturated carbocycles. The van der Waals surface area contributed by atoms with Gasteiger partial charge in [0.25, 0.3) is 0 Å². The van der Waals surface area contributed by atoms with Crippen LogP contribution in [0.15, 0.2) is 23.0 Å². The maximum atomic E-state index is 10.8. The van der Waals surface area contributed by atoms with Crippen LogP contribution in [-0.2, 0) is 10.3 Å². The van der Waals surface area contributed by atoms with E-state index < -0.39 is 7.75 Å². The van der Waals surface area contributed by atoms with Gasteiger partial charge in [0.1, 0.15) is 0 Å². The summed E-state index contributed by atoms with van der Waals surface area (Å²) >= 11 is 12.9. The molecular formula is C10H12Cl2NO3PS. The van der Waals surface area contributed by atoms with E-state index >= 15 is 0 Å². The summed E-state index contributed by atoms with van der Waals surface area (Å²) < 4.78 is 14.1. The van der Waals surface area contributed by atoms with Gasteiger partial charge in [-0.15, -0.1) is 11.8 Å². The largest absolute Gasteiger partial charge is 0.449 e. The molecule has 0 aliphatic carbocycles. The minimum atomic E-state index is -4.36. The van der Waals surface area contributed by atoms with E-state index in [0.29, 0.717) is 27.3 Å². The Balaban J connectivity index is 2.71. The number of halogens is 2. The second kappa shape index (κ2) is 6.94. The van der Waals surface area contributed by atoms with Crippen molar-refractivity contribution in [2.75, 3.05) is 0 Å². The molecule has 0 heterocycles. The predicted molar refractivity (Wildman–Crippen MR) is 77.5 cm³/mol. The third-order valence-corrected chi connectivity index (χ3v) is 4.50. The lowest BCUT2D eigenvalue weighted by Gasteiger charge is -2.06. The second-order valence-electron chi connectivity index (χ2n) is 3.40. The van der Waals surface area contributed by atoms with Crippen LogP contribution in [0.3, 0.4) is 0 Å². The lowest BCUT2D eigenvalue weighted by Crippen LogP contribution is -1.92. The Morgan fingerprint density at radius 1 is 1.39 bits per heavy atom. The van der Waals surface area contributed by atoms with E-state index in [1.165, 1.54) is 11.8 Å². The Labute approximate surface area is 120 Å². The van der Waals surface area contributed by atoms with Crippen molar-refractivity contribution in [3.05, 3.63) is 33.8 Å². The Morgan fingerprint density at radius 3 is 2.56 bits per heavy atom. The van der Waals surface area contributed by atoms with E-state index in [4.69, 9.17) is 33.0 Å². The molecule has 0 aliphatic rings. The minimum Gasteiger partial charge on any atom is -0.307 e. The molecule has 0 aliphatic heterocycles. The van der Waals surface area contributed by atoms with E-state index in [1.54, 1.807) is 19.1 Å². The highest BCUT2D eigenvalue weighted by atomic mass is 35.5. The van der Waals surface area contributed by atoms with Crippen molar-refractivity contribution in [3.8, 4) is 0 Å². The van der Waals surface area contributed by atoms with Crippen LogP contribution in [0.4, 0.5) is 0 Å². The van der Waals surface area contributed by atoms with Gasteiger partial charge in [0.05, 0.1) is 15.1 Å². The number of hydrogen-bond acceptors (Lipinski definition) is 2. The van der Waals surface area contributed by atoms with Crippen LogP contribution in [0.2, 0.25) is 10.0 Å². The number of rotatable bonds is 4. The highest BCUT2D eigenvalue weighted by molar-refractivity contribution is 8.13. The van der Waals surface area contributed by atoms with Crippen LogP contribution in [0, 0.1) is 0 Å². The van der Waals surface area contributed by atoms with Gasteiger partial charge in [-0.25, -0.2) is 4.57 Å². The van der Waals surface area contributed by atoms with Crippen molar-refractivity contribution in [3.63, 3.8) is 0 Å². The Bertz CT molecular complexity index is 504. The topological polar surface area (TPSA) is 69.9 Å². The lowest BCUT2D eigenvalue weighted by atomic mass is 10.2. The molecule has 8 heteroatoms. The van der Waals surface area contributed by atoms with E-state index in [2.05, 4.69) is 4.76 Å². The van der Waals surface area contributed by atoms with Gasteiger partial charge in [-0.2, -0.15) is 4.76 Å². The van der Waals surface area contributed by atoms with Crippen LogP contribution in [-0.4, -0.2) is 14.8 Å². The molecule has 0 amide bonds. The summed E-state index contributed by atoms with van der Waals surface area (Å²) in [5.41, 5.74) is 0.918. The summed E-state index contributed by atoms with van der Waals surface area (Å²) in [6.45, 7) is 1.79. The summed E-state index contributed by atoms with van der Waals surface area (Å²) in [5.74, 6) is 0.531. The number of hydrogen-bond donors (Lipinski definition) is 2. The molecule has 0 bridgehead atoms. The fraction of sp³-hybridized carbons (Fsp3) is 0.300. The summed E-state index contributed by atoms with van der Waals surface area (Å²) in [7, 11) is -4.36. The highest BCUT2D eigenvalue weighted by Gasteiger charge is 2.12. The number of benzene rings is 1. The molecule has 0 aromatic heterocycles. The van der Waals surface area contributed by atoms with Crippen molar-refractivity contribution in [2.45, 2.75) is 19.1 Å². The summed E-state index contributed by atoms with van der Waals surface area (Å²) in [6, 6.07) is 5.22. The van der Waals surface area contributed by atoms with Crippen molar-refractivity contribution in [1.29, 1.82) is 0 Å². The Morgan fingerprint density at radius 2 is 2.06 bits per heavy atom. The first kappa shape index (κ1) is 16.0. The van der Waals surface area contributed by atoms with Crippen molar-refractivity contribution in [2.24, 2.45) is 4.76 Å². The lowest BCUT2D eigenvalue weighted by molar-refractivity contribution is 0.375. The molecule has 2 N–H and O–H groups in total. The van der Waals surface area contributed by atoms with E-state index in [1.807, 2.05) is 6.07 Å². The van der Waals surface area contributed by atoms with E-state index in [-0.39, 0.29) is 0 Å². The van der Waals surface area contributed by atoms with Gasteiger partial charge >= 0.3 is 7.75 Å². The summed E-state index contributed by atoms with van der Waals surface area (Å²) in [6.07, 6.45) is 0.469. The molecule has 0 fully saturated rings. The maximum Gasteiger partial charge on any atom is 0.449 e. The average molecular weight is 328 g/mol. The smallest absolute Gasteiger partial charge is 0.307 e. The van der Waals surface area contributed by atoms with Gasteiger partial charge in [-0.1, -0.05) is 36.2 Å². The van der Waals surface area contributed by atoms with Crippen molar-refractivity contribution >= 4 is 47.8 Å². The molecule has 0 radical (unpaired) electrons. The fourth-order valence-corrected chi connectivity index (χ4v) is 3.16. The zero-order valence-corrected chi connectivity index (χ0v) is 12.7. The molecule has 0 unspecified atom stereocenters. The molecule has 0 atom stereocenters. The van der Waals surface area contributed by atoms with Gasteiger partial charge in [-0.3, -0.25) is 0 Å². The zero-order valence-electron chi connectivity index (χ0n) is 9.51. The first-order valence-electron chi connectivity index (χ1n) is 5.03. The van der Waals surface area contributed by atoms with Crippen molar-refractivity contribution < 1.29 is 14.4 Å². The maximum absolute atomic E-state index is 10.8. The molecular weight excluding hydrogens is 316 g/mol. The van der Waals surface area contributed by atoms with Crippen LogP contribution in [0.25, 0.3) is 0 Å². The van der Waals surface area contributed by atoms with Crippen LogP contribution < -0.4 is 0 Å². The molecule has 100 valence electrons. The summed E-state index contributed by atoms with van der Waals surface area (Å²) in [4.78, 5) is 17.5. The average Bonchev–Trinajstić information content (AvgIpc) is 2.27. The van der Waals surface area contributed by atoms with Crippen LogP contribution >= 0.6 is 42.7 Å². The zero-order chi connectivity index (χ0) is 13.8. The number of nitrogens with zero attached hydrogens (tertiary/aromatic N) is 1. The van der Waals surface area contributed by atoms with Crippen molar-refractivity contribution in [1.82, 2.24) is 0 Å². The molecule has 0 saturated heterocycles. The van der Waals surface area contributed by atoms with E-state index in [0.717, 1.165) is 5.56 Å². The third kappa shape index (κ3) is 5.74. The normalized spacial score (nSPS) is 12.8. The van der Waals surface area contributed by atoms with Gasteiger partial charge in [0.2, 0.25) is 0 Å². The first-order valence-corrected chi connectivity index (χ1v) is 8.34.